The normalized spacial score (nSPS) is 10.0. The van der Waals surface area contributed by atoms with Crippen molar-refractivity contribution < 1.29 is 23.5 Å². The number of urea groups is 1. The molecular weight excluding hydrogens is 395 g/mol. The van der Waals surface area contributed by atoms with Gasteiger partial charge in [0.2, 0.25) is 0 Å². The van der Waals surface area contributed by atoms with Crippen LogP contribution in [0.1, 0.15) is 5.56 Å². The molecule has 6 nitrogen and oxygen atoms in total. The van der Waals surface area contributed by atoms with E-state index in [1.165, 1.54) is 24.3 Å². The molecule has 0 aliphatic heterocycles. The molecule has 2 aromatic carbocycles. The van der Waals surface area contributed by atoms with Crippen molar-refractivity contribution in [2.75, 3.05) is 11.9 Å². The Kier molecular flexibility index (Phi) is 6.64. The molecule has 0 aromatic heterocycles. The quantitative estimate of drug-likeness (QED) is 0.744. The van der Waals surface area contributed by atoms with E-state index in [1.807, 2.05) is 5.32 Å². The van der Waals surface area contributed by atoms with Crippen molar-refractivity contribution in [2.24, 2.45) is 0 Å². The van der Waals surface area contributed by atoms with Gasteiger partial charge in [-0.25, -0.2) is 9.18 Å². The third-order valence-electron chi connectivity index (χ3n) is 3.00. The van der Waals surface area contributed by atoms with Crippen molar-refractivity contribution in [1.29, 1.82) is 0 Å². The van der Waals surface area contributed by atoms with Gasteiger partial charge >= 0.3 is 12.0 Å². The summed E-state index contributed by atoms with van der Waals surface area (Å²) in [6, 6.07) is 11.6. The highest BCUT2D eigenvalue weighted by Crippen LogP contribution is 2.12. The molecule has 0 saturated heterocycles. The Morgan fingerprint density at radius 2 is 1.72 bits per heavy atom. The molecule has 0 spiro atoms. The summed E-state index contributed by atoms with van der Waals surface area (Å²) < 4.78 is 19.0. The Balaban J connectivity index is 1.74. The molecule has 8 heteroatoms. The molecule has 0 saturated carbocycles. The molecular formula is C17H14BrFN2O4. The summed E-state index contributed by atoms with van der Waals surface area (Å²) >= 11 is 3.28. The highest BCUT2D eigenvalue weighted by molar-refractivity contribution is 9.10. The van der Waals surface area contributed by atoms with Gasteiger partial charge in [0.15, 0.2) is 6.61 Å². The predicted molar refractivity (Wildman–Crippen MR) is 92.4 cm³/mol. The fourth-order valence-electron chi connectivity index (χ4n) is 1.84. The first-order valence-corrected chi connectivity index (χ1v) is 7.99. The van der Waals surface area contributed by atoms with Gasteiger partial charge in [0, 0.05) is 4.47 Å². The molecule has 2 N–H and O–H groups in total. The largest absolute Gasteiger partial charge is 0.455 e. The zero-order valence-electron chi connectivity index (χ0n) is 12.9. The molecule has 0 radical (unpaired) electrons. The summed E-state index contributed by atoms with van der Waals surface area (Å²) in [6.45, 7) is -0.611. The minimum absolute atomic E-state index is 0.00197. The van der Waals surface area contributed by atoms with E-state index in [0.717, 1.165) is 10.0 Å². The molecule has 0 unspecified atom stereocenters. The van der Waals surface area contributed by atoms with Gasteiger partial charge in [0.25, 0.3) is 5.91 Å². The minimum atomic E-state index is -0.918. The summed E-state index contributed by atoms with van der Waals surface area (Å²) in [5, 5.41) is 4.13. The van der Waals surface area contributed by atoms with Crippen LogP contribution in [0, 0.1) is 5.82 Å². The number of imide groups is 1. The van der Waals surface area contributed by atoms with E-state index in [4.69, 9.17) is 4.74 Å². The number of carbonyl (C=O) groups is 3. The van der Waals surface area contributed by atoms with Crippen LogP contribution in [0.3, 0.4) is 0 Å². The molecule has 0 aliphatic carbocycles. The average molecular weight is 409 g/mol. The molecule has 0 bridgehead atoms. The second kappa shape index (κ2) is 8.93. The van der Waals surface area contributed by atoms with Gasteiger partial charge in [-0.05, 0) is 29.8 Å². The predicted octanol–water partition coefficient (Wildman–Crippen LogP) is 3.02. The number of hydrogen-bond donors (Lipinski definition) is 2. The van der Waals surface area contributed by atoms with Gasteiger partial charge in [-0.1, -0.05) is 40.2 Å². The number of esters is 1. The van der Waals surface area contributed by atoms with Gasteiger partial charge in [-0.3, -0.25) is 14.9 Å². The monoisotopic (exact) mass is 408 g/mol. The first-order valence-electron chi connectivity index (χ1n) is 7.19. The second-order valence-corrected chi connectivity index (χ2v) is 5.86. The number of rotatable bonds is 5. The van der Waals surface area contributed by atoms with E-state index >= 15 is 0 Å². The van der Waals surface area contributed by atoms with E-state index in [0.29, 0.717) is 0 Å². The van der Waals surface area contributed by atoms with Crippen molar-refractivity contribution in [2.45, 2.75) is 6.42 Å². The van der Waals surface area contributed by atoms with Gasteiger partial charge in [0.1, 0.15) is 5.82 Å². The third-order valence-corrected chi connectivity index (χ3v) is 3.53. The fraction of sp³-hybridized carbons (Fsp3) is 0.118. The smallest absolute Gasteiger partial charge is 0.326 e. The zero-order chi connectivity index (χ0) is 18.2. The number of benzene rings is 2. The summed E-state index contributed by atoms with van der Waals surface area (Å²) in [6.07, 6.45) is 0.00197. The number of nitrogens with one attached hydrogen (secondary N) is 2. The van der Waals surface area contributed by atoms with Gasteiger partial charge in [-0.15, -0.1) is 0 Å². The molecule has 2 aromatic rings. The maximum Gasteiger partial charge on any atom is 0.326 e. The van der Waals surface area contributed by atoms with E-state index in [1.54, 1.807) is 24.3 Å². The van der Waals surface area contributed by atoms with E-state index in [-0.39, 0.29) is 12.1 Å². The van der Waals surface area contributed by atoms with Crippen molar-refractivity contribution >= 4 is 39.5 Å². The summed E-state index contributed by atoms with van der Waals surface area (Å²) in [4.78, 5) is 34.8. The molecule has 3 amide bonds. The Morgan fingerprint density at radius 3 is 2.40 bits per heavy atom. The van der Waals surface area contributed by atoms with Crippen LogP contribution >= 0.6 is 15.9 Å². The lowest BCUT2D eigenvalue weighted by Crippen LogP contribution is -2.37. The summed E-state index contributed by atoms with van der Waals surface area (Å²) in [5.74, 6) is -2.06. The van der Waals surface area contributed by atoms with Crippen molar-refractivity contribution in [3.8, 4) is 0 Å². The van der Waals surface area contributed by atoms with Crippen LogP contribution in [0.2, 0.25) is 0 Å². The highest BCUT2D eigenvalue weighted by Gasteiger charge is 2.12. The van der Waals surface area contributed by atoms with Crippen LogP contribution < -0.4 is 10.6 Å². The Labute approximate surface area is 151 Å². The molecule has 0 fully saturated rings. The highest BCUT2D eigenvalue weighted by atomic mass is 79.9. The lowest BCUT2D eigenvalue weighted by molar-refractivity contribution is -0.147. The maximum absolute atomic E-state index is 13.4. The lowest BCUT2D eigenvalue weighted by atomic mass is 10.2. The van der Waals surface area contributed by atoms with E-state index in [2.05, 4.69) is 21.2 Å². The molecule has 130 valence electrons. The van der Waals surface area contributed by atoms with Crippen molar-refractivity contribution in [1.82, 2.24) is 5.32 Å². The summed E-state index contributed by atoms with van der Waals surface area (Å²) in [5.41, 5.74) is 0.658. The molecule has 0 heterocycles. The number of anilines is 1. The second-order valence-electron chi connectivity index (χ2n) is 4.95. The van der Waals surface area contributed by atoms with Crippen molar-refractivity contribution in [3.63, 3.8) is 0 Å². The van der Waals surface area contributed by atoms with Crippen LogP contribution in [0.4, 0.5) is 14.9 Å². The van der Waals surface area contributed by atoms with Crippen LogP contribution in [-0.2, 0) is 20.7 Å². The minimum Gasteiger partial charge on any atom is -0.455 e. The number of ether oxygens (including phenoxy) is 1. The lowest BCUT2D eigenvalue weighted by Gasteiger charge is -2.08. The Hall–Kier alpha value is -2.74. The fourth-order valence-corrected chi connectivity index (χ4v) is 2.11. The number of para-hydroxylation sites is 1. The molecule has 2 rings (SSSR count). The Morgan fingerprint density at radius 1 is 1.04 bits per heavy atom. The topological polar surface area (TPSA) is 84.5 Å². The first kappa shape index (κ1) is 18.6. The zero-order valence-corrected chi connectivity index (χ0v) is 14.5. The number of amides is 3. The number of carbonyl (C=O) groups excluding carboxylic acids is 3. The number of halogens is 2. The molecule has 0 atom stereocenters. The van der Waals surface area contributed by atoms with E-state index in [9.17, 15) is 18.8 Å². The van der Waals surface area contributed by atoms with Crippen molar-refractivity contribution in [3.05, 3.63) is 64.4 Å². The third kappa shape index (κ3) is 6.34. The van der Waals surface area contributed by atoms with Crippen LogP contribution in [0.15, 0.2) is 53.0 Å². The van der Waals surface area contributed by atoms with Gasteiger partial charge < -0.3 is 10.1 Å². The van der Waals surface area contributed by atoms with E-state index < -0.39 is 30.3 Å². The molecule has 0 aliphatic rings. The van der Waals surface area contributed by atoms with Gasteiger partial charge in [-0.2, -0.15) is 0 Å². The standard InChI is InChI=1S/C17H14BrFN2O4/c18-12-7-5-11(6-8-12)9-16(23)25-10-15(22)21-17(24)20-14-4-2-1-3-13(14)19/h1-8H,9-10H2,(H2,20,21,22,24). The first-order chi connectivity index (χ1) is 11.9. The average Bonchev–Trinajstić information content (AvgIpc) is 2.57. The van der Waals surface area contributed by atoms with Crippen LogP contribution in [0.5, 0.6) is 0 Å². The maximum atomic E-state index is 13.4. The van der Waals surface area contributed by atoms with Gasteiger partial charge in [0.05, 0.1) is 12.1 Å². The Bertz CT molecular complexity index is 780. The molecule has 25 heavy (non-hydrogen) atoms. The number of hydrogen-bond acceptors (Lipinski definition) is 4. The summed E-state index contributed by atoms with van der Waals surface area (Å²) in [7, 11) is 0. The SMILES string of the molecule is O=C(COC(=O)Cc1ccc(Br)cc1)NC(=O)Nc1ccccc1F. The van der Waals surface area contributed by atoms with Crippen LogP contribution in [-0.4, -0.2) is 24.5 Å². The van der Waals surface area contributed by atoms with Crippen LogP contribution in [0.25, 0.3) is 0 Å².